The van der Waals surface area contributed by atoms with Gasteiger partial charge >= 0.3 is 12.1 Å². The number of ether oxygens (including phenoxy) is 2. The number of aliphatic imine (C=N–C) groups is 1. The summed E-state index contributed by atoms with van der Waals surface area (Å²) in [5.41, 5.74) is 0.555. The van der Waals surface area contributed by atoms with Crippen molar-refractivity contribution in [2.45, 2.75) is 52.6 Å². The van der Waals surface area contributed by atoms with Crippen molar-refractivity contribution < 1.29 is 28.7 Å². The van der Waals surface area contributed by atoms with E-state index >= 15 is 0 Å². The third-order valence-electron chi connectivity index (χ3n) is 5.56. The predicted octanol–water partition coefficient (Wildman–Crippen LogP) is 5.03. The molecule has 0 saturated carbocycles. The highest BCUT2D eigenvalue weighted by molar-refractivity contribution is 7.12. The number of rotatable bonds is 5. The minimum absolute atomic E-state index is 0.0142. The summed E-state index contributed by atoms with van der Waals surface area (Å²) in [7, 11) is 0. The minimum atomic E-state index is -0.854. The van der Waals surface area contributed by atoms with Gasteiger partial charge in [0.15, 0.2) is 5.01 Å². The first-order chi connectivity index (χ1) is 17.0. The summed E-state index contributed by atoms with van der Waals surface area (Å²) in [6.07, 6.45) is 1.12. The van der Waals surface area contributed by atoms with Gasteiger partial charge in [-0.25, -0.2) is 9.78 Å². The van der Waals surface area contributed by atoms with Crippen molar-refractivity contribution in [1.82, 2.24) is 9.55 Å². The van der Waals surface area contributed by atoms with Gasteiger partial charge in [0, 0.05) is 29.3 Å². The maximum Gasteiger partial charge on any atom is 0.434 e. The van der Waals surface area contributed by atoms with Crippen molar-refractivity contribution in [2.24, 2.45) is 10.9 Å². The normalized spacial score (nSPS) is 16.4. The summed E-state index contributed by atoms with van der Waals surface area (Å²) >= 11 is 1.14. The number of aromatic nitrogens is 2. The lowest BCUT2D eigenvalue weighted by atomic mass is 10.1. The van der Waals surface area contributed by atoms with Crippen molar-refractivity contribution >= 4 is 51.7 Å². The number of carbonyl (C=O) groups is 4. The van der Waals surface area contributed by atoms with Crippen LogP contribution in [0.3, 0.4) is 0 Å². The topological polar surface area (TPSA) is 117 Å². The van der Waals surface area contributed by atoms with Gasteiger partial charge in [0.1, 0.15) is 17.2 Å². The average Bonchev–Trinajstić information content (AvgIpc) is 3.53. The molecule has 10 heteroatoms. The van der Waals surface area contributed by atoms with Crippen LogP contribution in [0.15, 0.2) is 40.8 Å². The molecule has 2 aromatic heterocycles. The number of amides is 1. The minimum Gasteiger partial charge on any atom is -0.465 e. The van der Waals surface area contributed by atoms with E-state index in [1.54, 1.807) is 64.3 Å². The molecule has 4 rings (SSSR count). The predicted molar refractivity (Wildman–Crippen MR) is 135 cm³/mol. The molecule has 9 nitrogen and oxygen atoms in total. The van der Waals surface area contributed by atoms with Gasteiger partial charge in [0.05, 0.1) is 23.4 Å². The SMILES string of the molecule is CC(C)C(=NC(=O)OC(C)(C)C)C(=O)n1cc(C(=O)c2nc(C3CCOC3=O)cs2)c2ccccc21. The number of carbonyl (C=O) groups excluding carboxylic acids is 4. The maximum absolute atomic E-state index is 13.5. The van der Waals surface area contributed by atoms with Crippen LogP contribution < -0.4 is 0 Å². The highest BCUT2D eigenvalue weighted by atomic mass is 32.1. The first kappa shape index (κ1) is 25.4. The van der Waals surface area contributed by atoms with E-state index in [-0.39, 0.29) is 34.0 Å². The summed E-state index contributed by atoms with van der Waals surface area (Å²) in [4.78, 5) is 59.6. The molecule has 1 amide bonds. The van der Waals surface area contributed by atoms with Gasteiger partial charge in [-0.1, -0.05) is 32.0 Å². The fraction of sp³-hybridized carbons (Fsp3) is 0.385. The van der Waals surface area contributed by atoms with E-state index in [0.29, 0.717) is 29.6 Å². The Morgan fingerprint density at radius 3 is 2.58 bits per heavy atom. The van der Waals surface area contributed by atoms with E-state index in [9.17, 15) is 19.2 Å². The Hall–Kier alpha value is -3.66. The van der Waals surface area contributed by atoms with Gasteiger partial charge in [-0.2, -0.15) is 4.99 Å². The number of ketones is 1. The maximum atomic E-state index is 13.5. The van der Waals surface area contributed by atoms with Crippen molar-refractivity contribution in [1.29, 1.82) is 0 Å². The number of fused-ring (bicyclic) bond motifs is 1. The molecule has 1 aliphatic rings. The number of benzene rings is 1. The van der Waals surface area contributed by atoms with Gasteiger partial charge in [0.2, 0.25) is 5.78 Å². The van der Waals surface area contributed by atoms with Gasteiger partial charge in [-0.3, -0.25) is 19.0 Å². The Balaban J connectivity index is 1.71. The van der Waals surface area contributed by atoms with Crippen molar-refractivity contribution in [3.8, 4) is 0 Å². The smallest absolute Gasteiger partial charge is 0.434 e. The Labute approximate surface area is 212 Å². The van der Waals surface area contributed by atoms with E-state index in [1.165, 1.54) is 10.8 Å². The molecule has 188 valence electrons. The van der Waals surface area contributed by atoms with Crippen LogP contribution in [0.4, 0.5) is 4.79 Å². The molecule has 0 spiro atoms. The van der Waals surface area contributed by atoms with Crippen LogP contribution in [0.25, 0.3) is 10.9 Å². The summed E-state index contributed by atoms with van der Waals surface area (Å²) in [6.45, 7) is 8.99. The number of hydrogen-bond acceptors (Lipinski definition) is 8. The van der Waals surface area contributed by atoms with Crippen LogP contribution in [-0.4, -0.2) is 51.2 Å². The zero-order valence-corrected chi connectivity index (χ0v) is 21.5. The fourth-order valence-electron chi connectivity index (χ4n) is 3.89. The molecule has 1 atom stereocenters. The van der Waals surface area contributed by atoms with Gasteiger partial charge in [0.25, 0.3) is 5.91 Å². The highest BCUT2D eigenvalue weighted by Gasteiger charge is 2.32. The molecule has 0 N–H and O–H groups in total. The summed E-state index contributed by atoms with van der Waals surface area (Å²) in [5.74, 6) is -2.08. The molecule has 0 aliphatic carbocycles. The zero-order chi connectivity index (χ0) is 26.2. The molecule has 1 aliphatic heterocycles. The van der Waals surface area contributed by atoms with E-state index < -0.39 is 23.5 Å². The van der Waals surface area contributed by atoms with Crippen LogP contribution >= 0.6 is 11.3 Å². The first-order valence-electron chi connectivity index (χ1n) is 11.6. The molecule has 0 radical (unpaired) electrons. The molecular formula is C26H27N3O6S. The fourth-order valence-corrected chi connectivity index (χ4v) is 4.71. The van der Waals surface area contributed by atoms with Crippen LogP contribution in [-0.2, 0) is 14.3 Å². The second-order valence-corrected chi connectivity index (χ2v) is 10.6. The molecule has 36 heavy (non-hydrogen) atoms. The summed E-state index contributed by atoms with van der Waals surface area (Å²) in [6, 6.07) is 6.99. The van der Waals surface area contributed by atoms with Crippen LogP contribution in [0.5, 0.6) is 0 Å². The molecule has 3 aromatic rings. The molecule has 0 bridgehead atoms. The number of hydrogen-bond donors (Lipinski definition) is 0. The quantitative estimate of drug-likeness (QED) is 0.269. The third-order valence-corrected chi connectivity index (χ3v) is 6.41. The first-order valence-corrected chi connectivity index (χ1v) is 12.5. The molecule has 1 saturated heterocycles. The molecule has 1 fully saturated rings. The number of thiazole rings is 1. The second-order valence-electron chi connectivity index (χ2n) is 9.78. The lowest BCUT2D eigenvalue weighted by Gasteiger charge is -2.18. The lowest BCUT2D eigenvalue weighted by Crippen LogP contribution is -2.29. The second kappa shape index (κ2) is 9.77. The molecule has 3 heterocycles. The standard InChI is InChI=1S/C26H27N3O6S/c1-14(2)20(28-25(33)35-26(3,4)5)23(31)29-12-17(15-8-6-7-9-19(15)29)21(30)22-27-18(13-36-22)16-10-11-34-24(16)32/h6-9,12-14,16H,10-11H2,1-5H3. The Morgan fingerprint density at radius 2 is 1.94 bits per heavy atom. The Morgan fingerprint density at radius 1 is 1.22 bits per heavy atom. The Kier molecular flexibility index (Phi) is 6.90. The van der Waals surface area contributed by atoms with E-state index in [4.69, 9.17) is 9.47 Å². The van der Waals surface area contributed by atoms with Crippen molar-refractivity contribution in [2.75, 3.05) is 6.61 Å². The zero-order valence-electron chi connectivity index (χ0n) is 20.7. The lowest BCUT2D eigenvalue weighted by molar-refractivity contribution is -0.139. The summed E-state index contributed by atoms with van der Waals surface area (Å²) < 4.78 is 11.6. The van der Waals surface area contributed by atoms with E-state index in [2.05, 4.69) is 9.98 Å². The molecule has 1 aromatic carbocycles. The van der Waals surface area contributed by atoms with E-state index in [0.717, 1.165) is 11.3 Å². The van der Waals surface area contributed by atoms with Crippen LogP contribution in [0.1, 0.15) is 72.8 Å². The van der Waals surface area contributed by atoms with Crippen molar-refractivity contribution in [3.63, 3.8) is 0 Å². The highest BCUT2D eigenvalue weighted by Crippen LogP contribution is 2.30. The van der Waals surface area contributed by atoms with Gasteiger partial charge < -0.3 is 9.47 Å². The van der Waals surface area contributed by atoms with Crippen LogP contribution in [0, 0.1) is 5.92 Å². The van der Waals surface area contributed by atoms with Gasteiger partial charge in [-0.05, 0) is 26.8 Å². The van der Waals surface area contributed by atoms with E-state index in [1.807, 2.05) is 0 Å². The molecule has 1 unspecified atom stereocenters. The number of esters is 1. The monoisotopic (exact) mass is 509 g/mol. The number of nitrogens with zero attached hydrogens (tertiary/aromatic N) is 3. The number of cyclic esters (lactones) is 1. The van der Waals surface area contributed by atoms with Crippen LogP contribution in [0.2, 0.25) is 0 Å². The van der Waals surface area contributed by atoms with Gasteiger partial charge in [-0.15, -0.1) is 11.3 Å². The largest absolute Gasteiger partial charge is 0.465 e. The van der Waals surface area contributed by atoms with Crippen molar-refractivity contribution in [3.05, 3.63) is 52.1 Å². The third kappa shape index (κ3) is 5.13. The molecular weight excluding hydrogens is 482 g/mol. The number of para-hydroxylation sites is 1. The average molecular weight is 510 g/mol. The Bertz CT molecular complexity index is 1390. The summed E-state index contributed by atoms with van der Waals surface area (Å²) in [5, 5.41) is 2.47.